The van der Waals surface area contributed by atoms with Gasteiger partial charge in [-0.3, -0.25) is 4.79 Å². The van der Waals surface area contributed by atoms with Gasteiger partial charge in [0.25, 0.3) is 0 Å². The third-order valence-electron chi connectivity index (χ3n) is 4.12. The number of carboxylic acids is 1. The molecule has 5 heteroatoms. The number of nitrogens with zero attached hydrogens (tertiary/aromatic N) is 1. The molecule has 0 heterocycles. The lowest BCUT2D eigenvalue weighted by Crippen LogP contribution is -2.40. The fraction of sp³-hybridized carbons (Fsp3) is 0.867. The van der Waals surface area contributed by atoms with Crippen molar-refractivity contribution in [2.24, 2.45) is 11.8 Å². The SMILES string of the molecule is CC(CCCNC(=O)N(C)CC1CCCCC1)C(=O)O. The Morgan fingerprint density at radius 3 is 2.55 bits per heavy atom. The van der Waals surface area contributed by atoms with E-state index in [1.165, 1.54) is 32.1 Å². The van der Waals surface area contributed by atoms with Gasteiger partial charge in [-0.1, -0.05) is 26.2 Å². The van der Waals surface area contributed by atoms with Crippen LogP contribution in [0.15, 0.2) is 0 Å². The fourth-order valence-electron chi connectivity index (χ4n) is 2.70. The van der Waals surface area contributed by atoms with Gasteiger partial charge in [0.05, 0.1) is 5.92 Å². The molecular weight excluding hydrogens is 256 g/mol. The van der Waals surface area contributed by atoms with Crippen LogP contribution in [0, 0.1) is 11.8 Å². The summed E-state index contributed by atoms with van der Waals surface area (Å²) in [5.41, 5.74) is 0. The van der Waals surface area contributed by atoms with Crippen LogP contribution in [0.4, 0.5) is 4.79 Å². The van der Waals surface area contributed by atoms with Gasteiger partial charge in [-0.2, -0.15) is 0 Å². The number of nitrogens with one attached hydrogen (secondary N) is 1. The van der Waals surface area contributed by atoms with Crippen molar-refractivity contribution in [3.8, 4) is 0 Å². The van der Waals surface area contributed by atoms with Crippen molar-refractivity contribution in [1.29, 1.82) is 0 Å². The zero-order valence-corrected chi connectivity index (χ0v) is 12.7. The Morgan fingerprint density at radius 1 is 1.30 bits per heavy atom. The highest BCUT2D eigenvalue weighted by atomic mass is 16.4. The minimum atomic E-state index is -0.772. The van der Waals surface area contributed by atoms with E-state index in [0.29, 0.717) is 25.3 Å². The topological polar surface area (TPSA) is 69.6 Å². The molecule has 1 saturated carbocycles. The van der Waals surface area contributed by atoms with E-state index in [-0.39, 0.29) is 11.9 Å². The molecule has 20 heavy (non-hydrogen) atoms. The largest absolute Gasteiger partial charge is 0.481 e. The molecule has 0 radical (unpaired) electrons. The maximum Gasteiger partial charge on any atom is 0.317 e. The van der Waals surface area contributed by atoms with E-state index in [2.05, 4.69) is 5.32 Å². The van der Waals surface area contributed by atoms with Gasteiger partial charge in [0.1, 0.15) is 0 Å². The summed E-state index contributed by atoms with van der Waals surface area (Å²) in [7, 11) is 1.84. The highest BCUT2D eigenvalue weighted by Gasteiger charge is 2.18. The van der Waals surface area contributed by atoms with E-state index < -0.39 is 5.97 Å². The number of amides is 2. The van der Waals surface area contributed by atoms with E-state index in [1.54, 1.807) is 11.8 Å². The fourth-order valence-corrected chi connectivity index (χ4v) is 2.70. The summed E-state index contributed by atoms with van der Waals surface area (Å²) in [6.07, 6.45) is 7.66. The Hall–Kier alpha value is -1.26. The highest BCUT2D eigenvalue weighted by molar-refractivity contribution is 5.73. The molecule has 1 unspecified atom stereocenters. The molecule has 0 spiro atoms. The molecule has 0 aromatic rings. The lowest BCUT2D eigenvalue weighted by Gasteiger charge is -2.27. The zero-order chi connectivity index (χ0) is 15.0. The Bertz CT molecular complexity index is 314. The third kappa shape index (κ3) is 6.26. The number of hydrogen-bond acceptors (Lipinski definition) is 2. The summed E-state index contributed by atoms with van der Waals surface area (Å²) in [6, 6.07) is -0.0430. The quantitative estimate of drug-likeness (QED) is 0.706. The first kappa shape index (κ1) is 16.8. The van der Waals surface area contributed by atoms with Crippen molar-refractivity contribution >= 4 is 12.0 Å². The lowest BCUT2D eigenvalue weighted by atomic mass is 9.89. The van der Waals surface area contributed by atoms with Crippen LogP contribution >= 0.6 is 0 Å². The van der Waals surface area contributed by atoms with E-state index in [1.807, 2.05) is 7.05 Å². The van der Waals surface area contributed by atoms with Gasteiger partial charge in [0.2, 0.25) is 0 Å². The first-order valence-corrected chi connectivity index (χ1v) is 7.72. The van der Waals surface area contributed by atoms with Gasteiger partial charge in [-0.05, 0) is 31.6 Å². The van der Waals surface area contributed by atoms with Gasteiger partial charge in [0, 0.05) is 20.1 Å². The van der Waals surface area contributed by atoms with Crippen LogP contribution in [-0.4, -0.2) is 42.1 Å². The van der Waals surface area contributed by atoms with Gasteiger partial charge in [-0.15, -0.1) is 0 Å². The number of rotatable bonds is 7. The van der Waals surface area contributed by atoms with Crippen molar-refractivity contribution in [2.75, 3.05) is 20.1 Å². The molecule has 1 aliphatic carbocycles. The smallest absolute Gasteiger partial charge is 0.317 e. The minimum Gasteiger partial charge on any atom is -0.481 e. The number of aliphatic carboxylic acids is 1. The number of carbonyl (C=O) groups is 2. The molecule has 0 aliphatic heterocycles. The lowest BCUT2D eigenvalue weighted by molar-refractivity contribution is -0.141. The molecular formula is C15H28N2O3. The molecule has 0 aromatic carbocycles. The maximum absolute atomic E-state index is 11.9. The summed E-state index contributed by atoms with van der Waals surface area (Å²) in [6.45, 7) is 3.07. The summed E-state index contributed by atoms with van der Waals surface area (Å²) < 4.78 is 0. The van der Waals surface area contributed by atoms with Crippen molar-refractivity contribution < 1.29 is 14.7 Å². The second-order valence-electron chi connectivity index (χ2n) is 6.00. The van der Waals surface area contributed by atoms with Gasteiger partial charge in [-0.25, -0.2) is 4.79 Å². The van der Waals surface area contributed by atoms with Crippen molar-refractivity contribution in [2.45, 2.75) is 51.9 Å². The Labute approximate surface area is 121 Å². The Balaban J connectivity index is 2.13. The standard InChI is InChI=1S/C15H28N2O3/c1-12(14(18)19)7-6-10-16-15(20)17(2)11-13-8-4-3-5-9-13/h12-13H,3-11H2,1-2H3,(H,16,20)(H,18,19). The number of carbonyl (C=O) groups excluding carboxylic acids is 1. The molecule has 0 saturated heterocycles. The molecule has 2 N–H and O–H groups in total. The average molecular weight is 284 g/mol. The predicted octanol–water partition coefficient (Wildman–Crippen LogP) is 2.71. The summed E-state index contributed by atoms with van der Waals surface area (Å²) in [5.74, 6) is -0.468. The second kappa shape index (κ2) is 8.82. The Kier molecular flexibility index (Phi) is 7.41. The second-order valence-corrected chi connectivity index (χ2v) is 6.00. The van der Waals surface area contributed by atoms with Crippen molar-refractivity contribution in [1.82, 2.24) is 10.2 Å². The van der Waals surface area contributed by atoms with Crippen LogP contribution < -0.4 is 5.32 Å². The van der Waals surface area contributed by atoms with Crippen LogP contribution in [0.25, 0.3) is 0 Å². The maximum atomic E-state index is 11.9. The van der Waals surface area contributed by atoms with Crippen LogP contribution in [0.3, 0.4) is 0 Å². The zero-order valence-electron chi connectivity index (χ0n) is 12.7. The van der Waals surface area contributed by atoms with E-state index in [4.69, 9.17) is 5.11 Å². The van der Waals surface area contributed by atoms with Gasteiger partial charge < -0.3 is 15.3 Å². The molecule has 0 aromatic heterocycles. The molecule has 2 amide bonds. The summed E-state index contributed by atoms with van der Waals surface area (Å²) in [4.78, 5) is 24.3. The van der Waals surface area contributed by atoms with Crippen molar-refractivity contribution in [3.05, 3.63) is 0 Å². The van der Waals surface area contributed by atoms with Crippen LogP contribution in [0.2, 0.25) is 0 Å². The summed E-state index contributed by atoms with van der Waals surface area (Å²) >= 11 is 0. The van der Waals surface area contributed by atoms with Crippen LogP contribution in [0.1, 0.15) is 51.9 Å². The van der Waals surface area contributed by atoms with E-state index in [0.717, 1.165) is 6.54 Å². The number of hydrogen-bond donors (Lipinski definition) is 2. The first-order valence-electron chi connectivity index (χ1n) is 7.72. The van der Waals surface area contributed by atoms with Gasteiger partial charge >= 0.3 is 12.0 Å². The normalized spacial score (nSPS) is 17.5. The molecule has 116 valence electrons. The van der Waals surface area contributed by atoms with E-state index in [9.17, 15) is 9.59 Å². The monoisotopic (exact) mass is 284 g/mol. The minimum absolute atomic E-state index is 0.0430. The van der Waals surface area contributed by atoms with Crippen LogP contribution in [-0.2, 0) is 4.79 Å². The molecule has 5 nitrogen and oxygen atoms in total. The molecule has 1 fully saturated rings. The average Bonchev–Trinajstić information content (AvgIpc) is 2.43. The third-order valence-corrected chi connectivity index (χ3v) is 4.12. The molecule has 0 bridgehead atoms. The van der Waals surface area contributed by atoms with Crippen molar-refractivity contribution in [3.63, 3.8) is 0 Å². The molecule has 1 aliphatic rings. The Morgan fingerprint density at radius 2 is 1.95 bits per heavy atom. The van der Waals surface area contributed by atoms with Gasteiger partial charge in [0.15, 0.2) is 0 Å². The molecule has 1 rings (SSSR count). The highest BCUT2D eigenvalue weighted by Crippen LogP contribution is 2.24. The van der Waals surface area contributed by atoms with Crippen LogP contribution in [0.5, 0.6) is 0 Å². The first-order chi connectivity index (χ1) is 9.50. The predicted molar refractivity (Wildman–Crippen MR) is 78.6 cm³/mol. The number of urea groups is 1. The number of carboxylic acid groups (broad SMARTS) is 1. The molecule has 1 atom stereocenters. The summed E-state index contributed by atoms with van der Waals surface area (Å²) in [5, 5.41) is 11.6. The van der Waals surface area contributed by atoms with E-state index >= 15 is 0 Å².